The summed E-state index contributed by atoms with van der Waals surface area (Å²) in [5.74, 6) is -0.207. The van der Waals surface area contributed by atoms with Crippen LogP contribution in [0.5, 0.6) is 0 Å². The quantitative estimate of drug-likeness (QED) is 0.0272. The zero-order valence-electron chi connectivity index (χ0n) is 45.0. The predicted octanol–water partition coefficient (Wildman–Crippen LogP) is 16.5. The third kappa shape index (κ3) is 51.8. The van der Waals surface area contributed by atoms with Crippen LogP contribution in [0.1, 0.15) is 245 Å². The van der Waals surface area contributed by atoms with E-state index in [4.69, 9.17) is 9.05 Å². The molecule has 0 aromatic heterocycles. The van der Waals surface area contributed by atoms with Crippen molar-refractivity contribution in [3.05, 3.63) is 72.9 Å². The Morgan fingerprint density at radius 2 is 0.912 bits per heavy atom. The first kappa shape index (κ1) is 65.9. The van der Waals surface area contributed by atoms with E-state index in [1.54, 1.807) is 6.08 Å². The Kier molecular flexibility index (Phi) is 48.4. The molecule has 0 aliphatic heterocycles. The lowest BCUT2D eigenvalue weighted by molar-refractivity contribution is -0.870. The van der Waals surface area contributed by atoms with Gasteiger partial charge in [-0.15, -0.1) is 0 Å². The molecule has 0 aromatic rings. The average molecular weight is 974 g/mol. The Morgan fingerprint density at radius 1 is 0.529 bits per heavy atom. The van der Waals surface area contributed by atoms with E-state index in [2.05, 4.69) is 79.9 Å². The fraction of sp³-hybridized carbons (Fsp3) is 0.780. The van der Waals surface area contributed by atoms with Gasteiger partial charge in [-0.3, -0.25) is 9.36 Å². The molecule has 9 heteroatoms. The van der Waals surface area contributed by atoms with Crippen molar-refractivity contribution in [3.8, 4) is 0 Å². The number of aliphatic hydroxyl groups is 1. The monoisotopic (exact) mass is 973 g/mol. The molecule has 0 heterocycles. The normalized spacial score (nSPS) is 14.5. The van der Waals surface area contributed by atoms with Gasteiger partial charge in [0.1, 0.15) is 13.2 Å². The zero-order valence-corrected chi connectivity index (χ0v) is 45.9. The number of rotatable bonds is 51. The first-order valence-electron chi connectivity index (χ1n) is 28.3. The van der Waals surface area contributed by atoms with Crippen LogP contribution in [0.25, 0.3) is 0 Å². The predicted molar refractivity (Wildman–Crippen MR) is 293 cm³/mol. The highest BCUT2D eigenvalue weighted by molar-refractivity contribution is 7.45. The van der Waals surface area contributed by atoms with Crippen LogP contribution in [0.15, 0.2) is 72.9 Å². The molecule has 2 N–H and O–H groups in total. The summed E-state index contributed by atoms with van der Waals surface area (Å²) in [4.78, 5) is 25.4. The Hall–Kier alpha value is -2.06. The summed E-state index contributed by atoms with van der Waals surface area (Å²) in [5, 5.41) is 13.8. The first-order valence-corrected chi connectivity index (χ1v) is 29.8. The summed E-state index contributed by atoms with van der Waals surface area (Å²) >= 11 is 0. The maximum absolute atomic E-state index is 12.9. The van der Waals surface area contributed by atoms with Gasteiger partial charge >= 0.3 is 0 Å². The molecule has 0 radical (unpaired) electrons. The van der Waals surface area contributed by atoms with Crippen LogP contribution < -0.4 is 10.2 Å². The maximum atomic E-state index is 12.9. The first-order chi connectivity index (χ1) is 33.0. The van der Waals surface area contributed by atoms with Gasteiger partial charge in [0.25, 0.3) is 7.82 Å². The summed E-state index contributed by atoms with van der Waals surface area (Å²) in [6, 6.07) is -0.903. The van der Waals surface area contributed by atoms with Gasteiger partial charge < -0.3 is 28.8 Å². The smallest absolute Gasteiger partial charge is 0.268 e. The second-order valence-electron chi connectivity index (χ2n) is 20.3. The number of hydrogen-bond donors (Lipinski definition) is 2. The largest absolute Gasteiger partial charge is 0.756 e. The number of carbonyl (C=O) groups excluding carboxylic acids is 1. The van der Waals surface area contributed by atoms with Crippen molar-refractivity contribution in [1.29, 1.82) is 0 Å². The fourth-order valence-electron chi connectivity index (χ4n) is 7.98. The summed E-state index contributed by atoms with van der Waals surface area (Å²) < 4.78 is 23.3. The third-order valence-corrected chi connectivity index (χ3v) is 13.4. The standard InChI is InChI=1S/C59H109N2O6P/c1-6-8-10-12-14-16-18-20-21-22-23-24-25-26-27-28-29-30-31-32-33-34-35-36-37-38-39-41-43-45-47-49-51-53-59(63)60-57(56-67-68(64,65)66-55-54-61(3,4)5)58(62)52-50-48-46-44-42-40-19-17-15-13-11-9-7-2/h8,10,14,16,20-21,23-24,42,44,50,52,57-58,62H,6-7,9,11-13,15,17-19,22,25-41,43,45-49,51,53-56H2,1-5H3,(H-,60,63,64,65)/b10-8-,16-14-,21-20-,24-23-,44-42+,52-50+. The molecule has 0 bridgehead atoms. The van der Waals surface area contributed by atoms with Crippen molar-refractivity contribution in [3.63, 3.8) is 0 Å². The van der Waals surface area contributed by atoms with E-state index in [-0.39, 0.29) is 12.5 Å². The SMILES string of the molecule is CC/C=C\C/C=C\C/C=C\C/C=C\CCCCCCCCCCCCCCCCCCCCCCC(=O)NC(COP(=O)([O-])OCC[N+](C)(C)C)C(O)/C=C/CC/C=C/CCCCCCCCC. The highest BCUT2D eigenvalue weighted by Crippen LogP contribution is 2.38. The molecular weight excluding hydrogens is 864 g/mol. The van der Waals surface area contributed by atoms with Crippen LogP contribution in [-0.2, 0) is 18.4 Å². The Balaban J connectivity index is 4.04. The maximum Gasteiger partial charge on any atom is 0.268 e. The number of nitrogens with one attached hydrogen (secondary N) is 1. The molecule has 68 heavy (non-hydrogen) atoms. The van der Waals surface area contributed by atoms with E-state index in [0.29, 0.717) is 17.4 Å². The zero-order chi connectivity index (χ0) is 49.9. The fourth-order valence-corrected chi connectivity index (χ4v) is 8.71. The molecule has 0 spiro atoms. The second kappa shape index (κ2) is 49.9. The number of amides is 1. The lowest BCUT2D eigenvalue weighted by Crippen LogP contribution is -2.45. The van der Waals surface area contributed by atoms with Crippen molar-refractivity contribution < 1.29 is 32.9 Å². The highest BCUT2D eigenvalue weighted by Gasteiger charge is 2.23. The molecule has 0 saturated carbocycles. The highest BCUT2D eigenvalue weighted by atomic mass is 31.2. The molecule has 0 saturated heterocycles. The second-order valence-corrected chi connectivity index (χ2v) is 21.7. The van der Waals surface area contributed by atoms with Gasteiger partial charge in [0.05, 0.1) is 39.9 Å². The Morgan fingerprint density at radius 3 is 1.37 bits per heavy atom. The number of carbonyl (C=O) groups is 1. The average Bonchev–Trinajstić information content (AvgIpc) is 3.30. The molecule has 0 rings (SSSR count). The van der Waals surface area contributed by atoms with E-state index >= 15 is 0 Å². The summed E-state index contributed by atoms with van der Waals surface area (Å²) in [7, 11) is 1.24. The molecule has 0 aliphatic carbocycles. The van der Waals surface area contributed by atoms with Crippen molar-refractivity contribution in [1.82, 2.24) is 5.32 Å². The molecule has 0 aliphatic rings. The van der Waals surface area contributed by atoms with Crippen molar-refractivity contribution >= 4 is 13.7 Å². The van der Waals surface area contributed by atoms with Crippen molar-refractivity contribution in [2.75, 3.05) is 40.9 Å². The number of likely N-dealkylation sites (N-methyl/N-ethyl adjacent to an activating group) is 1. The van der Waals surface area contributed by atoms with Crippen LogP contribution in [0.3, 0.4) is 0 Å². The number of hydrogen-bond acceptors (Lipinski definition) is 6. The molecular formula is C59H109N2O6P. The van der Waals surface area contributed by atoms with E-state index in [1.807, 2.05) is 27.2 Å². The Labute approximate surface area is 421 Å². The van der Waals surface area contributed by atoms with E-state index in [1.165, 1.54) is 161 Å². The van der Waals surface area contributed by atoms with Crippen LogP contribution in [0.4, 0.5) is 0 Å². The Bertz CT molecular complexity index is 1330. The van der Waals surface area contributed by atoms with E-state index in [0.717, 1.165) is 64.2 Å². The van der Waals surface area contributed by atoms with Gasteiger partial charge in [-0.25, -0.2) is 0 Å². The number of phosphoric acid groups is 1. The number of aliphatic hydroxyl groups excluding tert-OH is 1. The number of unbranched alkanes of at least 4 members (excludes halogenated alkanes) is 28. The van der Waals surface area contributed by atoms with Crippen LogP contribution in [-0.4, -0.2) is 68.5 Å². The van der Waals surface area contributed by atoms with Gasteiger partial charge in [0.2, 0.25) is 5.91 Å². The third-order valence-electron chi connectivity index (χ3n) is 12.4. The molecule has 3 unspecified atom stereocenters. The lowest BCUT2D eigenvalue weighted by atomic mass is 10.0. The van der Waals surface area contributed by atoms with Gasteiger partial charge in [-0.2, -0.15) is 0 Å². The number of quaternary nitrogens is 1. The molecule has 1 amide bonds. The lowest BCUT2D eigenvalue weighted by Gasteiger charge is -2.29. The van der Waals surface area contributed by atoms with Crippen LogP contribution >= 0.6 is 7.82 Å². The van der Waals surface area contributed by atoms with Crippen molar-refractivity contribution in [2.45, 2.75) is 257 Å². The molecule has 8 nitrogen and oxygen atoms in total. The molecule has 3 atom stereocenters. The summed E-state index contributed by atoms with van der Waals surface area (Å²) in [6.07, 6.45) is 68.5. The molecule has 396 valence electrons. The van der Waals surface area contributed by atoms with Gasteiger partial charge in [-0.05, 0) is 70.6 Å². The number of phosphoric ester groups is 1. The van der Waals surface area contributed by atoms with Gasteiger partial charge in [0.15, 0.2) is 0 Å². The van der Waals surface area contributed by atoms with E-state index < -0.39 is 26.6 Å². The minimum Gasteiger partial charge on any atom is -0.756 e. The van der Waals surface area contributed by atoms with Gasteiger partial charge in [0, 0.05) is 6.42 Å². The van der Waals surface area contributed by atoms with Gasteiger partial charge in [-0.1, -0.05) is 241 Å². The van der Waals surface area contributed by atoms with Crippen LogP contribution in [0.2, 0.25) is 0 Å². The number of allylic oxidation sites excluding steroid dienone is 11. The summed E-state index contributed by atoms with van der Waals surface area (Å²) in [6.45, 7) is 4.51. The van der Waals surface area contributed by atoms with Crippen molar-refractivity contribution in [2.24, 2.45) is 0 Å². The number of nitrogens with zero attached hydrogens (tertiary/aromatic N) is 1. The van der Waals surface area contributed by atoms with E-state index in [9.17, 15) is 19.4 Å². The van der Waals surface area contributed by atoms with Crippen LogP contribution in [0, 0.1) is 0 Å². The minimum atomic E-state index is -4.60. The topological polar surface area (TPSA) is 108 Å². The minimum absolute atomic E-state index is 0.00717. The summed E-state index contributed by atoms with van der Waals surface area (Å²) in [5.41, 5.74) is 0. The molecule has 0 aromatic carbocycles. The molecule has 0 fully saturated rings.